The molecule has 0 bridgehead atoms. The molecule has 0 N–H and O–H groups in total. The van der Waals surface area contributed by atoms with Gasteiger partial charge in [0.15, 0.2) is 6.20 Å². The van der Waals surface area contributed by atoms with Crippen LogP contribution < -0.4 is 4.57 Å². The Hall–Kier alpha value is -1.83. The number of aromatic nitrogens is 1. The van der Waals surface area contributed by atoms with Gasteiger partial charge in [-0.15, -0.1) is 29.1 Å². The normalized spacial score (nSPS) is 10.5. The van der Waals surface area contributed by atoms with Gasteiger partial charge in [-0.05, 0) is 6.07 Å². The zero-order valence-electron chi connectivity index (χ0n) is 14.5. The molecule has 0 saturated heterocycles. The fourth-order valence-corrected chi connectivity index (χ4v) is 3.05. The van der Waals surface area contributed by atoms with Crippen LogP contribution in [0.2, 0.25) is 0 Å². The van der Waals surface area contributed by atoms with Gasteiger partial charge in [-0.25, -0.2) is 4.57 Å². The Bertz CT molecular complexity index is 1040. The molecule has 4 aromatic rings. The molecule has 0 atom stereocenters. The van der Waals surface area contributed by atoms with E-state index in [1.165, 1.54) is 10.9 Å². The van der Waals surface area contributed by atoms with E-state index < -0.39 is 0 Å². The van der Waals surface area contributed by atoms with Crippen molar-refractivity contribution in [1.29, 1.82) is 0 Å². The van der Waals surface area contributed by atoms with Crippen LogP contribution in [-0.2, 0) is 39.8 Å². The van der Waals surface area contributed by atoms with Crippen molar-refractivity contribution in [2.45, 2.75) is 6.92 Å². The Balaban J connectivity index is 0.00000182. The third-order valence-corrected chi connectivity index (χ3v) is 4.41. The molecule has 1 nitrogen and oxygen atoms in total. The summed E-state index contributed by atoms with van der Waals surface area (Å²) in [7, 11) is 2.07. The smallest absolute Gasteiger partial charge is 0.161 e. The monoisotopic (exact) mass is 397 g/mol. The molecule has 0 aliphatic carbocycles. The van der Waals surface area contributed by atoms with Crippen molar-refractivity contribution in [2.75, 3.05) is 0 Å². The van der Waals surface area contributed by atoms with Gasteiger partial charge in [0.1, 0.15) is 12.7 Å². The molecule has 0 unspecified atom stereocenters. The molecule has 119 valence electrons. The molecule has 1 aromatic heterocycles. The number of benzene rings is 3. The van der Waals surface area contributed by atoms with E-state index in [0.717, 1.165) is 27.8 Å². The quantitative estimate of drug-likeness (QED) is 0.335. The molecule has 25 heavy (non-hydrogen) atoms. The van der Waals surface area contributed by atoms with Crippen molar-refractivity contribution >= 4 is 10.8 Å². The summed E-state index contributed by atoms with van der Waals surface area (Å²) >= 11 is 0. The van der Waals surface area contributed by atoms with E-state index in [2.05, 4.69) is 97.5 Å². The van der Waals surface area contributed by atoms with Crippen LogP contribution in [0.3, 0.4) is 0 Å². The van der Waals surface area contributed by atoms with E-state index in [0.29, 0.717) is 0 Å². The molecule has 0 aliphatic heterocycles. The Morgan fingerprint density at radius 1 is 0.760 bits per heavy atom. The van der Waals surface area contributed by atoms with E-state index in [1.54, 1.807) is 0 Å². The second-order valence-electron chi connectivity index (χ2n) is 6.09. The predicted octanol–water partition coefficient (Wildman–Crippen LogP) is 4.90. The van der Waals surface area contributed by atoms with E-state index in [4.69, 9.17) is 0 Å². The molecule has 0 spiro atoms. The van der Waals surface area contributed by atoms with Crippen molar-refractivity contribution in [2.24, 2.45) is 7.05 Å². The van der Waals surface area contributed by atoms with Gasteiger partial charge in [-0.2, -0.15) is 35.4 Å². The van der Waals surface area contributed by atoms with Gasteiger partial charge in [-0.1, -0.05) is 42.1 Å². The van der Waals surface area contributed by atoms with Crippen molar-refractivity contribution in [1.82, 2.24) is 0 Å². The first-order valence-electron chi connectivity index (χ1n) is 8.12. The van der Waals surface area contributed by atoms with Gasteiger partial charge < -0.3 is 0 Å². The first-order chi connectivity index (χ1) is 11.7. The van der Waals surface area contributed by atoms with Gasteiger partial charge in [0, 0.05) is 38.8 Å². The fourth-order valence-electron chi connectivity index (χ4n) is 3.05. The average Bonchev–Trinajstić information content (AvgIpc) is 2.62. The van der Waals surface area contributed by atoms with E-state index in [9.17, 15) is 0 Å². The fraction of sp³-hybridized carbons (Fsp3) is 0.0870. The second-order valence-corrected chi connectivity index (χ2v) is 6.09. The van der Waals surface area contributed by atoms with Gasteiger partial charge in [-0.3, -0.25) is 0 Å². The van der Waals surface area contributed by atoms with Crippen LogP contribution >= 0.6 is 0 Å². The van der Waals surface area contributed by atoms with E-state index >= 15 is 0 Å². The predicted molar refractivity (Wildman–Crippen MR) is 98.4 cm³/mol. The van der Waals surface area contributed by atoms with Gasteiger partial charge in [0.25, 0.3) is 0 Å². The first kappa shape index (κ1) is 18.0. The van der Waals surface area contributed by atoms with Crippen LogP contribution in [0.4, 0.5) is 0 Å². The Labute approximate surface area is 174 Å². The molecular weight excluding hydrogens is 379 g/mol. The maximum Gasteiger partial charge on any atom is 0.161 e. The Morgan fingerprint density at radius 3 is 2.32 bits per heavy atom. The topological polar surface area (TPSA) is 3.88 Å². The summed E-state index contributed by atoms with van der Waals surface area (Å²) < 4.78 is 2.13. The largest absolute Gasteiger partial charge is 0.234 e. The van der Waals surface area contributed by atoms with Crippen molar-refractivity contribution in [3.63, 3.8) is 0 Å². The third kappa shape index (κ3) is 3.58. The summed E-state index contributed by atoms with van der Waals surface area (Å²) in [6.07, 6.45) is 2.07. The maximum atomic E-state index is 3.60. The summed E-state index contributed by atoms with van der Waals surface area (Å²) in [6.45, 7) is 2.13. The minimum Gasteiger partial charge on any atom is -0.234 e. The molecule has 1 radical (unpaired) electrons. The number of fused-ring (bicyclic) bond motifs is 1. The van der Waals surface area contributed by atoms with Gasteiger partial charge in [0.2, 0.25) is 0 Å². The first-order valence-corrected chi connectivity index (χ1v) is 8.12. The Morgan fingerprint density at radius 2 is 1.48 bits per heavy atom. The minimum absolute atomic E-state index is 0. The summed E-state index contributed by atoms with van der Waals surface area (Å²) in [5.74, 6) is 0. The summed E-state index contributed by atoms with van der Waals surface area (Å²) in [6, 6.07) is 30.2. The number of rotatable bonds is 2. The summed E-state index contributed by atoms with van der Waals surface area (Å²) in [5.41, 5.74) is 5.68. The van der Waals surface area contributed by atoms with Gasteiger partial charge in [0.05, 0.1) is 0 Å². The van der Waals surface area contributed by atoms with Crippen molar-refractivity contribution < 1.29 is 37.3 Å². The molecule has 2 heteroatoms. The number of pyridine rings is 1. The van der Waals surface area contributed by atoms with E-state index in [1.807, 2.05) is 6.07 Å². The van der Waals surface area contributed by atoms with Crippen LogP contribution in [0.1, 0.15) is 5.56 Å². The number of hydrogen-bond acceptors (Lipinski definition) is 0. The number of aryl methyl sites for hydroxylation is 2. The molecule has 4 rings (SSSR count). The zero-order chi connectivity index (χ0) is 16.5. The second kappa shape index (κ2) is 7.60. The van der Waals surface area contributed by atoms with Crippen LogP contribution in [0, 0.1) is 19.1 Å². The van der Waals surface area contributed by atoms with Crippen molar-refractivity contribution in [3.8, 4) is 22.4 Å². The molecule has 0 aliphatic rings. The summed E-state index contributed by atoms with van der Waals surface area (Å²) in [5, 5.41) is 2.35. The summed E-state index contributed by atoms with van der Waals surface area (Å²) in [4.78, 5) is 0. The molecule has 1 heterocycles. The number of nitrogens with zero attached hydrogens (tertiary/aromatic N) is 1. The van der Waals surface area contributed by atoms with Crippen LogP contribution in [-0.4, -0.2) is 0 Å². The van der Waals surface area contributed by atoms with Crippen LogP contribution in [0.5, 0.6) is 0 Å². The minimum atomic E-state index is 0. The van der Waals surface area contributed by atoms with Crippen LogP contribution in [0.15, 0.2) is 72.9 Å². The van der Waals surface area contributed by atoms with Crippen molar-refractivity contribution in [3.05, 3.63) is 90.6 Å². The third-order valence-electron chi connectivity index (χ3n) is 4.41. The molecule has 0 fully saturated rings. The number of hydrogen-bond donors (Lipinski definition) is 0. The molecule has 3 aromatic carbocycles. The standard InChI is InChI=1S/C23H18N.Y/c1-17-10-11-21(16-22(17)23-9-5-6-14-24(23)2)20-13-12-18-7-3-4-8-19(18)15-20;/h3-14H,1-2H3;/q-1;. The average molecular weight is 397 g/mol. The van der Waals surface area contributed by atoms with E-state index in [-0.39, 0.29) is 32.7 Å². The molecule has 0 saturated carbocycles. The Kier molecular flexibility index (Phi) is 5.46. The molecule has 0 amide bonds. The maximum absolute atomic E-state index is 3.60. The zero-order valence-corrected chi connectivity index (χ0v) is 17.3. The molecular formula is C23H18NY-. The van der Waals surface area contributed by atoms with Crippen LogP contribution in [0.25, 0.3) is 33.2 Å². The van der Waals surface area contributed by atoms with Gasteiger partial charge >= 0.3 is 0 Å². The SMILES string of the molecule is Cc1ccc(-c2[c-]c3ccccc3cc2)[c-]c1-c1cccc[n+]1C.[Y].